The van der Waals surface area contributed by atoms with Crippen molar-refractivity contribution in [3.8, 4) is 0 Å². The van der Waals surface area contributed by atoms with Gasteiger partial charge in [-0.3, -0.25) is 15.2 Å². The van der Waals surface area contributed by atoms with Crippen LogP contribution >= 0.6 is 0 Å². The van der Waals surface area contributed by atoms with Crippen LogP contribution in [0.1, 0.15) is 32.1 Å². The van der Waals surface area contributed by atoms with Crippen molar-refractivity contribution >= 4 is 11.9 Å². The van der Waals surface area contributed by atoms with Gasteiger partial charge in [-0.05, 0) is 12.8 Å². The summed E-state index contributed by atoms with van der Waals surface area (Å²) in [5, 5.41) is 5.79. The SMILES string of the molecule is CNC(=O)CCN=C(NN)NC1CCCC1. The molecule has 1 amide bonds. The minimum atomic E-state index is -0.0130. The van der Waals surface area contributed by atoms with E-state index in [4.69, 9.17) is 5.84 Å². The first-order valence-corrected chi connectivity index (χ1v) is 5.74. The van der Waals surface area contributed by atoms with Gasteiger partial charge in [-0.1, -0.05) is 12.8 Å². The summed E-state index contributed by atoms with van der Waals surface area (Å²) in [7, 11) is 1.62. The second-order valence-corrected chi connectivity index (χ2v) is 3.92. The fourth-order valence-corrected chi connectivity index (χ4v) is 1.79. The molecule has 0 spiro atoms. The molecule has 0 aromatic heterocycles. The summed E-state index contributed by atoms with van der Waals surface area (Å²) >= 11 is 0. The largest absolute Gasteiger partial charge is 0.359 e. The van der Waals surface area contributed by atoms with E-state index in [1.165, 1.54) is 12.8 Å². The van der Waals surface area contributed by atoms with Crippen molar-refractivity contribution in [3.05, 3.63) is 0 Å². The lowest BCUT2D eigenvalue weighted by atomic mass is 10.2. The highest BCUT2D eigenvalue weighted by molar-refractivity contribution is 5.80. The van der Waals surface area contributed by atoms with E-state index in [-0.39, 0.29) is 5.91 Å². The highest BCUT2D eigenvalue weighted by Gasteiger charge is 2.15. The topological polar surface area (TPSA) is 91.5 Å². The van der Waals surface area contributed by atoms with Gasteiger partial charge in [0.2, 0.25) is 11.9 Å². The van der Waals surface area contributed by atoms with Crippen LogP contribution in [-0.2, 0) is 4.79 Å². The standard InChI is InChI=1S/C10H21N5O/c1-12-9(16)6-7-13-10(15-11)14-8-4-2-3-5-8/h8H,2-7,11H2,1H3,(H,12,16)(H2,13,14,15). The Hall–Kier alpha value is -1.30. The Balaban J connectivity index is 2.28. The molecule has 6 nitrogen and oxygen atoms in total. The molecule has 5 N–H and O–H groups in total. The number of hydrogen-bond donors (Lipinski definition) is 4. The van der Waals surface area contributed by atoms with Gasteiger partial charge in [0.25, 0.3) is 0 Å². The van der Waals surface area contributed by atoms with Crippen molar-refractivity contribution < 1.29 is 4.79 Å². The Morgan fingerprint density at radius 3 is 2.69 bits per heavy atom. The fraction of sp³-hybridized carbons (Fsp3) is 0.800. The number of amides is 1. The number of carbonyl (C=O) groups is 1. The zero-order valence-electron chi connectivity index (χ0n) is 9.75. The van der Waals surface area contributed by atoms with Gasteiger partial charge < -0.3 is 10.6 Å². The van der Waals surface area contributed by atoms with Crippen LogP contribution in [0.2, 0.25) is 0 Å². The van der Waals surface area contributed by atoms with Crippen molar-refractivity contribution in [2.75, 3.05) is 13.6 Å². The highest BCUT2D eigenvalue weighted by Crippen LogP contribution is 2.17. The predicted octanol–water partition coefficient (Wildman–Crippen LogP) is -0.526. The lowest BCUT2D eigenvalue weighted by Crippen LogP contribution is -2.45. The summed E-state index contributed by atoms with van der Waals surface area (Å²) in [5.41, 5.74) is 2.53. The Bertz CT molecular complexity index is 248. The van der Waals surface area contributed by atoms with Crippen molar-refractivity contribution in [2.24, 2.45) is 10.8 Å². The minimum Gasteiger partial charge on any atom is -0.359 e. The van der Waals surface area contributed by atoms with E-state index in [2.05, 4.69) is 21.1 Å². The van der Waals surface area contributed by atoms with E-state index in [0.717, 1.165) is 12.8 Å². The molecule has 6 heteroatoms. The molecule has 0 atom stereocenters. The van der Waals surface area contributed by atoms with Crippen LogP contribution in [0.4, 0.5) is 0 Å². The number of nitrogens with zero attached hydrogens (tertiary/aromatic N) is 1. The molecular formula is C10H21N5O. The zero-order chi connectivity index (χ0) is 11.8. The number of nitrogens with two attached hydrogens (primary N) is 1. The lowest BCUT2D eigenvalue weighted by molar-refractivity contribution is -0.120. The van der Waals surface area contributed by atoms with Gasteiger partial charge in [0, 0.05) is 19.5 Å². The predicted molar refractivity (Wildman–Crippen MR) is 63.7 cm³/mol. The minimum absolute atomic E-state index is 0.0130. The molecule has 1 rings (SSSR count). The third-order valence-electron chi connectivity index (χ3n) is 2.72. The summed E-state index contributed by atoms with van der Waals surface area (Å²) in [6.45, 7) is 0.443. The van der Waals surface area contributed by atoms with Crippen LogP contribution in [0.5, 0.6) is 0 Å². The van der Waals surface area contributed by atoms with Crippen LogP contribution in [0.15, 0.2) is 4.99 Å². The smallest absolute Gasteiger partial charge is 0.221 e. The molecule has 0 aromatic rings. The summed E-state index contributed by atoms with van der Waals surface area (Å²) in [4.78, 5) is 15.2. The molecule has 0 unspecified atom stereocenters. The van der Waals surface area contributed by atoms with Crippen LogP contribution < -0.4 is 21.9 Å². The monoisotopic (exact) mass is 227 g/mol. The average molecular weight is 227 g/mol. The van der Waals surface area contributed by atoms with Crippen molar-refractivity contribution in [1.29, 1.82) is 0 Å². The van der Waals surface area contributed by atoms with Gasteiger partial charge in [0.1, 0.15) is 0 Å². The maximum Gasteiger partial charge on any atom is 0.221 e. The summed E-state index contributed by atoms with van der Waals surface area (Å²) < 4.78 is 0. The molecule has 0 bridgehead atoms. The second-order valence-electron chi connectivity index (χ2n) is 3.92. The number of rotatable bonds is 4. The highest BCUT2D eigenvalue weighted by atomic mass is 16.1. The van der Waals surface area contributed by atoms with Crippen LogP contribution in [0.25, 0.3) is 0 Å². The Kier molecular flexibility index (Phi) is 5.63. The van der Waals surface area contributed by atoms with E-state index in [1.807, 2.05) is 0 Å². The lowest BCUT2D eigenvalue weighted by Gasteiger charge is -2.14. The maximum atomic E-state index is 11.0. The van der Waals surface area contributed by atoms with Crippen molar-refractivity contribution in [1.82, 2.24) is 16.1 Å². The molecule has 1 aliphatic rings. The number of hydrogen-bond acceptors (Lipinski definition) is 3. The third-order valence-corrected chi connectivity index (χ3v) is 2.72. The van der Waals surface area contributed by atoms with Gasteiger partial charge in [0.15, 0.2) is 0 Å². The van der Waals surface area contributed by atoms with Crippen molar-refractivity contribution in [3.63, 3.8) is 0 Å². The Labute approximate surface area is 96.0 Å². The van der Waals surface area contributed by atoms with Gasteiger partial charge >= 0.3 is 0 Å². The van der Waals surface area contributed by atoms with Gasteiger partial charge in [0.05, 0.1) is 6.54 Å². The van der Waals surface area contributed by atoms with Gasteiger partial charge in [-0.2, -0.15) is 0 Å². The second kappa shape index (κ2) is 7.05. The van der Waals surface area contributed by atoms with Gasteiger partial charge in [-0.15, -0.1) is 0 Å². The molecule has 1 saturated carbocycles. The number of aliphatic imine (C=N–C) groups is 1. The Morgan fingerprint density at radius 2 is 2.12 bits per heavy atom. The van der Waals surface area contributed by atoms with E-state index in [9.17, 15) is 4.79 Å². The van der Waals surface area contributed by atoms with E-state index >= 15 is 0 Å². The molecule has 0 saturated heterocycles. The first-order chi connectivity index (χ1) is 7.76. The molecule has 1 aliphatic carbocycles. The molecule has 0 heterocycles. The molecule has 1 fully saturated rings. The number of guanidine groups is 1. The summed E-state index contributed by atoms with van der Waals surface area (Å²) in [6, 6.07) is 0.467. The molecule has 92 valence electrons. The molecular weight excluding hydrogens is 206 g/mol. The van der Waals surface area contributed by atoms with E-state index < -0.39 is 0 Å². The summed E-state index contributed by atoms with van der Waals surface area (Å²) in [5.74, 6) is 5.92. The zero-order valence-corrected chi connectivity index (χ0v) is 9.75. The average Bonchev–Trinajstić information content (AvgIpc) is 2.80. The van der Waals surface area contributed by atoms with E-state index in [1.54, 1.807) is 7.05 Å². The number of carbonyl (C=O) groups excluding carboxylic acids is 1. The van der Waals surface area contributed by atoms with Crippen LogP contribution in [0.3, 0.4) is 0 Å². The molecule has 0 radical (unpaired) electrons. The Morgan fingerprint density at radius 1 is 1.44 bits per heavy atom. The molecule has 16 heavy (non-hydrogen) atoms. The van der Waals surface area contributed by atoms with Crippen LogP contribution in [0, 0.1) is 0 Å². The van der Waals surface area contributed by atoms with Gasteiger partial charge in [-0.25, -0.2) is 5.84 Å². The number of nitrogens with one attached hydrogen (secondary N) is 3. The molecule has 0 aliphatic heterocycles. The van der Waals surface area contributed by atoms with Crippen molar-refractivity contribution in [2.45, 2.75) is 38.1 Å². The van der Waals surface area contributed by atoms with Crippen LogP contribution in [-0.4, -0.2) is 31.5 Å². The number of hydrazine groups is 1. The normalized spacial score (nSPS) is 17.2. The third kappa shape index (κ3) is 4.48. The first kappa shape index (κ1) is 12.8. The fourth-order valence-electron chi connectivity index (χ4n) is 1.79. The maximum absolute atomic E-state index is 11.0. The molecule has 0 aromatic carbocycles. The quantitative estimate of drug-likeness (QED) is 0.225. The summed E-state index contributed by atoms with van der Waals surface area (Å²) in [6.07, 6.45) is 5.22. The van der Waals surface area contributed by atoms with E-state index in [0.29, 0.717) is 25.0 Å². The first-order valence-electron chi connectivity index (χ1n) is 5.74.